The van der Waals surface area contributed by atoms with E-state index in [4.69, 9.17) is 0 Å². The molecule has 24 heavy (non-hydrogen) atoms. The van der Waals surface area contributed by atoms with Gasteiger partial charge in [-0.05, 0) is 61.5 Å². The number of carbonyl (C=O) groups is 1. The van der Waals surface area contributed by atoms with E-state index in [2.05, 4.69) is 28.6 Å². The number of likely N-dealkylation sites (tertiary alicyclic amines) is 1. The highest BCUT2D eigenvalue weighted by atomic mass is 32.1. The molecule has 1 saturated heterocycles. The third kappa shape index (κ3) is 4.22. The molecule has 0 radical (unpaired) electrons. The van der Waals surface area contributed by atoms with Gasteiger partial charge < -0.3 is 5.32 Å². The van der Waals surface area contributed by atoms with E-state index < -0.39 is 0 Å². The second-order valence-electron chi connectivity index (χ2n) is 6.47. The largest absolute Gasteiger partial charge is 0.350 e. The van der Waals surface area contributed by atoms with Crippen LogP contribution in [-0.2, 0) is 0 Å². The molecule has 128 valence electrons. The number of nitrogens with zero attached hydrogens (tertiary/aromatic N) is 1. The number of nitrogens with one attached hydrogen (secondary N) is 1. The third-order valence-corrected chi connectivity index (χ3v) is 5.65. The molecule has 0 aliphatic carbocycles. The van der Waals surface area contributed by atoms with Crippen molar-refractivity contribution in [3.8, 4) is 0 Å². The lowest BCUT2D eigenvalue weighted by molar-refractivity contribution is 0.0914. The summed E-state index contributed by atoms with van der Waals surface area (Å²) in [6.45, 7) is 4.95. The minimum atomic E-state index is -0.387. The van der Waals surface area contributed by atoms with E-state index in [0.29, 0.717) is 12.1 Å². The van der Waals surface area contributed by atoms with Crippen molar-refractivity contribution in [1.29, 1.82) is 0 Å². The molecule has 1 aliphatic rings. The van der Waals surface area contributed by atoms with E-state index >= 15 is 0 Å². The number of hydrogen-bond donors (Lipinski definition) is 1. The molecule has 2 aromatic rings. The first kappa shape index (κ1) is 17.1. The van der Waals surface area contributed by atoms with Crippen LogP contribution >= 0.6 is 11.3 Å². The van der Waals surface area contributed by atoms with Crippen LogP contribution in [0.2, 0.25) is 0 Å². The zero-order chi connectivity index (χ0) is 16.9. The van der Waals surface area contributed by atoms with Gasteiger partial charge in [-0.25, -0.2) is 4.39 Å². The Morgan fingerprint density at radius 3 is 2.79 bits per heavy atom. The van der Waals surface area contributed by atoms with Crippen molar-refractivity contribution in [2.45, 2.75) is 25.8 Å². The summed E-state index contributed by atoms with van der Waals surface area (Å²) in [7, 11) is 0. The molecule has 1 amide bonds. The predicted octanol–water partition coefficient (Wildman–Crippen LogP) is 4.09. The number of piperidine rings is 1. The summed E-state index contributed by atoms with van der Waals surface area (Å²) in [5.74, 6) is 0.163. The molecule has 1 atom stereocenters. The van der Waals surface area contributed by atoms with Gasteiger partial charge in [-0.1, -0.05) is 19.1 Å². The van der Waals surface area contributed by atoms with Gasteiger partial charge in [-0.15, -0.1) is 11.3 Å². The Hall–Kier alpha value is -1.72. The van der Waals surface area contributed by atoms with Crippen molar-refractivity contribution in [2.75, 3.05) is 19.6 Å². The quantitative estimate of drug-likeness (QED) is 0.884. The molecule has 0 saturated carbocycles. The zero-order valence-electron chi connectivity index (χ0n) is 13.9. The summed E-state index contributed by atoms with van der Waals surface area (Å²) in [5, 5.41) is 5.06. The molecule has 3 rings (SSSR count). The van der Waals surface area contributed by atoms with Crippen LogP contribution in [-0.4, -0.2) is 30.4 Å². The van der Waals surface area contributed by atoms with Crippen LogP contribution in [0.5, 0.6) is 0 Å². The lowest BCUT2D eigenvalue weighted by Gasteiger charge is -2.36. The lowest BCUT2D eigenvalue weighted by Crippen LogP contribution is -2.41. The number of amides is 1. The number of halogens is 1. The Morgan fingerprint density at radius 1 is 1.33 bits per heavy atom. The van der Waals surface area contributed by atoms with Gasteiger partial charge in [0.25, 0.3) is 5.91 Å². The first-order valence-electron chi connectivity index (χ1n) is 8.44. The summed E-state index contributed by atoms with van der Waals surface area (Å²) in [4.78, 5) is 16.0. The first-order chi connectivity index (χ1) is 11.6. The molecule has 1 unspecified atom stereocenters. The average Bonchev–Trinajstić information content (AvgIpc) is 3.11. The number of thiophene rings is 1. The number of rotatable bonds is 5. The molecule has 0 spiro atoms. The average molecular weight is 346 g/mol. The molecular weight excluding hydrogens is 323 g/mol. The summed E-state index contributed by atoms with van der Waals surface area (Å²) < 4.78 is 13.3. The van der Waals surface area contributed by atoms with Crippen molar-refractivity contribution in [2.24, 2.45) is 5.92 Å². The van der Waals surface area contributed by atoms with Crippen molar-refractivity contribution < 1.29 is 9.18 Å². The zero-order valence-corrected chi connectivity index (χ0v) is 14.7. The summed E-state index contributed by atoms with van der Waals surface area (Å²) >= 11 is 1.72. The van der Waals surface area contributed by atoms with Gasteiger partial charge in [0.15, 0.2) is 0 Å². The van der Waals surface area contributed by atoms with E-state index in [9.17, 15) is 9.18 Å². The van der Waals surface area contributed by atoms with Crippen LogP contribution in [0.3, 0.4) is 0 Å². The maximum absolute atomic E-state index is 13.3. The molecule has 3 nitrogen and oxygen atoms in total. The maximum atomic E-state index is 13.3. The second-order valence-corrected chi connectivity index (χ2v) is 7.45. The minimum absolute atomic E-state index is 0.190. The summed E-state index contributed by atoms with van der Waals surface area (Å²) in [6.07, 6.45) is 2.39. The van der Waals surface area contributed by atoms with Crippen LogP contribution < -0.4 is 5.32 Å². The standard InChI is InChI=1S/C19H23FN2OS/c1-14-7-9-22(10-8-14)17(18-6-3-11-24-18)13-21-19(23)15-4-2-5-16(20)12-15/h2-6,11-12,14,17H,7-10,13H2,1H3,(H,21,23). The summed E-state index contributed by atoms with van der Waals surface area (Å²) in [6, 6.07) is 10.2. The van der Waals surface area contributed by atoms with Gasteiger partial charge in [-0.2, -0.15) is 0 Å². The molecule has 2 heterocycles. The monoisotopic (exact) mass is 346 g/mol. The molecule has 1 aromatic heterocycles. The fourth-order valence-electron chi connectivity index (χ4n) is 3.15. The van der Waals surface area contributed by atoms with E-state index in [1.54, 1.807) is 23.5 Å². The first-order valence-corrected chi connectivity index (χ1v) is 9.32. The smallest absolute Gasteiger partial charge is 0.251 e. The highest BCUT2D eigenvalue weighted by molar-refractivity contribution is 7.10. The molecule has 0 bridgehead atoms. The van der Waals surface area contributed by atoms with E-state index in [0.717, 1.165) is 19.0 Å². The van der Waals surface area contributed by atoms with Gasteiger partial charge in [0.05, 0.1) is 6.04 Å². The number of benzene rings is 1. The summed E-state index contributed by atoms with van der Waals surface area (Å²) in [5.41, 5.74) is 0.368. The third-order valence-electron chi connectivity index (χ3n) is 4.67. The molecular formula is C19H23FN2OS. The molecule has 1 aliphatic heterocycles. The van der Waals surface area contributed by atoms with Crippen LogP contribution in [0.1, 0.15) is 41.0 Å². The van der Waals surface area contributed by atoms with E-state index in [1.807, 2.05) is 6.07 Å². The van der Waals surface area contributed by atoms with Crippen LogP contribution in [0.25, 0.3) is 0 Å². The normalized spacial score (nSPS) is 17.6. The van der Waals surface area contributed by atoms with E-state index in [1.165, 1.54) is 29.9 Å². The molecule has 1 N–H and O–H groups in total. The Balaban J connectivity index is 1.67. The van der Waals surface area contributed by atoms with Crippen molar-refractivity contribution in [1.82, 2.24) is 10.2 Å². The van der Waals surface area contributed by atoms with Gasteiger partial charge in [0.1, 0.15) is 5.82 Å². The fourth-order valence-corrected chi connectivity index (χ4v) is 4.01. The van der Waals surface area contributed by atoms with Crippen LogP contribution in [0.15, 0.2) is 41.8 Å². The van der Waals surface area contributed by atoms with E-state index in [-0.39, 0.29) is 17.8 Å². The molecule has 1 fully saturated rings. The van der Waals surface area contributed by atoms with Crippen molar-refractivity contribution in [3.05, 3.63) is 58.0 Å². The topological polar surface area (TPSA) is 32.3 Å². The molecule has 5 heteroatoms. The van der Waals surface area contributed by atoms with Crippen molar-refractivity contribution >= 4 is 17.2 Å². The highest BCUT2D eigenvalue weighted by Crippen LogP contribution is 2.29. The maximum Gasteiger partial charge on any atom is 0.251 e. The highest BCUT2D eigenvalue weighted by Gasteiger charge is 2.25. The van der Waals surface area contributed by atoms with Crippen LogP contribution in [0.4, 0.5) is 4.39 Å². The van der Waals surface area contributed by atoms with Gasteiger partial charge in [0.2, 0.25) is 0 Å². The predicted molar refractivity (Wildman–Crippen MR) is 95.8 cm³/mol. The van der Waals surface area contributed by atoms with Gasteiger partial charge >= 0.3 is 0 Å². The lowest BCUT2D eigenvalue weighted by atomic mass is 9.97. The Morgan fingerprint density at radius 2 is 2.12 bits per heavy atom. The minimum Gasteiger partial charge on any atom is -0.350 e. The Kier molecular flexibility index (Phi) is 5.63. The molecule has 1 aromatic carbocycles. The number of carbonyl (C=O) groups excluding carboxylic acids is 1. The van der Waals surface area contributed by atoms with Crippen molar-refractivity contribution in [3.63, 3.8) is 0 Å². The Bertz CT molecular complexity index is 666. The second kappa shape index (κ2) is 7.90. The fraction of sp³-hybridized carbons (Fsp3) is 0.421. The van der Waals surface area contributed by atoms with Crippen LogP contribution in [0, 0.1) is 11.7 Å². The SMILES string of the molecule is CC1CCN(C(CNC(=O)c2cccc(F)c2)c2cccs2)CC1. The van der Waals surface area contributed by atoms with Gasteiger partial charge in [-0.3, -0.25) is 9.69 Å². The Labute approximate surface area is 146 Å². The number of hydrogen-bond acceptors (Lipinski definition) is 3. The van der Waals surface area contributed by atoms with Gasteiger partial charge in [0, 0.05) is 17.0 Å².